The standard InChI is InChI=1S/C12H11FN2O5S/c13-10-3-2-8(6-9(10)12(17)18)21(19,20)7-11(16)15-5-1-4-14/h2-3,6H,1,5,7H2,(H,15,16)(H,17,18). The predicted octanol–water partition coefficient (Wildman–Crippen LogP) is 0.327. The van der Waals surface area contributed by atoms with Gasteiger partial charge in [-0.15, -0.1) is 0 Å². The molecule has 2 N–H and O–H groups in total. The van der Waals surface area contributed by atoms with Gasteiger partial charge in [0.05, 0.1) is 22.9 Å². The molecule has 1 amide bonds. The molecular formula is C12H11FN2O5S. The van der Waals surface area contributed by atoms with E-state index >= 15 is 0 Å². The van der Waals surface area contributed by atoms with Crippen LogP contribution in [0.1, 0.15) is 16.8 Å². The minimum absolute atomic E-state index is 0.00858. The second-order valence-corrected chi connectivity index (χ2v) is 5.95. The number of hydrogen-bond donors (Lipinski definition) is 2. The first kappa shape index (κ1) is 16.6. The Morgan fingerprint density at radius 3 is 2.62 bits per heavy atom. The quantitative estimate of drug-likeness (QED) is 0.576. The van der Waals surface area contributed by atoms with Crippen molar-refractivity contribution < 1.29 is 27.5 Å². The minimum atomic E-state index is -4.09. The summed E-state index contributed by atoms with van der Waals surface area (Å²) in [4.78, 5) is 21.7. The third kappa shape index (κ3) is 4.54. The Balaban J connectivity index is 2.94. The molecule has 0 saturated carbocycles. The number of hydrogen-bond acceptors (Lipinski definition) is 5. The van der Waals surface area contributed by atoms with Gasteiger partial charge < -0.3 is 10.4 Å². The molecule has 1 aromatic rings. The maximum Gasteiger partial charge on any atom is 0.338 e. The van der Waals surface area contributed by atoms with Crippen molar-refractivity contribution in [1.29, 1.82) is 5.26 Å². The van der Waals surface area contributed by atoms with Gasteiger partial charge in [-0.2, -0.15) is 5.26 Å². The van der Waals surface area contributed by atoms with Gasteiger partial charge in [0, 0.05) is 6.54 Å². The molecule has 0 aliphatic carbocycles. The zero-order valence-electron chi connectivity index (χ0n) is 10.7. The van der Waals surface area contributed by atoms with Crippen molar-refractivity contribution in [2.45, 2.75) is 11.3 Å². The molecule has 1 rings (SSSR count). The lowest BCUT2D eigenvalue weighted by Crippen LogP contribution is -2.31. The summed E-state index contributed by atoms with van der Waals surface area (Å²) in [6.45, 7) is 0.00858. The molecule has 112 valence electrons. The molecule has 0 bridgehead atoms. The van der Waals surface area contributed by atoms with Crippen molar-refractivity contribution in [3.63, 3.8) is 0 Å². The third-order valence-corrected chi connectivity index (χ3v) is 4.02. The second kappa shape index (κ2) is 6.81. The van der Waals surface area contributed by atoms with Crippen LogP contribution in [-0.2, 0) is 14.6 Å². The zero-order chi connectivity index (χ0) is 16.0. The Labute approximate surface area is 119 Å². The van der Waals surface area contributed by atoms with Crippen molar-refractivity contribution in [1.82, 2.24) is 5.32 Å². The molecular weight excluding hydrogens is 303 g/mol. The van der Waals surface area contributed by atoms with Crippen molar-refractivity contribution in [2.24, 2.45) is 0 Å². The SMILES string of the molecule is N#CCCNC(=O)CS(=O)(=O)c1ccc(F)c(C(=O)O)c1. The predicted molar refractivity (Wildman–Crippen MR) is 68.7 cm³/mol. The highest BCUT2D eigenvalue weighted by atomic mass is 32.2. The Kier molecular flexibility index (Phi) is 5.37. The summed E-state index contributed by atoms with van der Waals surface area (Å²) >= 11 is 0. The van der Waals surface area contributed by atoms with Gasteiger partial charge in [-0.3, -0.25) is 4.79 Å². The fourth-order valence-electron chi connectivity index (χ4n) is 1.43. The molecule has 21 heavy (non-hydrogen) atoms. The molecule has 7 nitrogen and oxygen atoms in total. The molecule has 0 fully saturated rings. The topological polar surface area (TPSA) is 124 Å². The van der Waals surface area contributed by atoms with E-state index in [0.29, 0.717) is 12.1 Å². The van der Waals surface area contributed by atoms with Crippen LogP contribution in [0.15, 0.2) is 23.1 Å². The summed E-state index contributed by atoms with van der Waals surface area (Å²) in [5.74, 6) is -4.42. The number of nitrogens with one attached hydrogen (secondary N) is 1. The van der Waals surface area contributed by atoms with Crippen LogP contribution < -0.4 is 5.32 Å². The molecule has 0 saturated heterocycles. The number of carboxylic acids is 1. The van der Waals surface area contributed by atoms with Crippen LogP contribution in [0.5, 0.6) is 0 Å². The van der Waals surface area contributed by atoms with E-state index in [0.717, 1.165) is 6.07 Å². The van der Waals surface area contributed by atoms with Gasteiger partial charge in [-0.25, -0.2) is 17.6 Å². The highest BCUT2D eigenvalue weighted by molar-refractivity contribution is 7.92. The molecule has 1 aromatic carbocycles. The first-order valence-electron chi connectivity index (χ1n) is 5.67. The Bertz CT molecular complexity index is 709. The van der Waals surface area contributed by atoms with Crippen LogP contribution in [0, 0.1) is 17.1 Å². The molecule has 0 aliphatic heterocycles. The summed E-state index contributed by atoms with van der Waals surface area (Å²) in [6.07, 6.45) is 0.0332. The van der Waals surface area contributed by atoms with Crippen molar-refractivity contribution in [3.8, 4) is 6.07 Å². The molecule has 0 heterocycles. The van der Waals surface area contributed by atoms with Gasteiger partial charge in [0.15, 0.2) is 9.84 Å². The minimum Gasteiger partial charge on any atom is -0.478 e. The summed E-state index contributed by atoms with van der Waals surface area (Å²) in [6, 6.07) is 4.04. The monoisotopic (exact) mass is 314 g/mol. The normalized spacial score (nSPS) is 10.7. The average molecular weight is 314 g/mol. The lowest BCUT2D eigenvalue weighted by Gasteiger charge is -2.06. The van der Waals surface area contributed by atoms with Gasteiger partial charge in [0.2, 0.25) is 5.91 Å². The van der Waals surface area contributed by atoms with E-state index < -0.39 is 43.7 Å². The van der Waals surface area contributed by atoms with Crippen LogP contribution >= 0.6 is 0 Å². The van der Waals surface area contributed by atoms with E-state index in [-0.39, 0.29) is 13.0 Å². The number of benzene rings is 1. The fraction of sp³-hybridized carbons (Fsp3) is 0.250. The van der Waals surface area contributed by atoms with E-state index in [9.17, 15) is 22.4 Å². The number of aromatic carboxylic acids is 1. The number of nitriles is 1. The summed E-state index contributed by atoms with van der Waals surface area (Å²) in [7, 11) is -4.09. The Morgan fingerprint density at radius 2 is 2.05 bits per heavy atom. The Morgan fingerprint density at radius 1 is 1.38 bits per heavy atom. The molecule has 0 aliphatic rings. The second-order valence-electron chi connectivity index (χ2n) is 3.96. The molecule has 0 radical (unpaired) electrons. The maximum atomic E-state index is 13.2. The molecule has 0 spiro atoms. The highest BCUT2D eigenvalue weighted by Crippen LogP contribution is 2.16. The molecule has 9 heteroatoms. The number of rotatable bonds is 6. The number of amides is 1. The zero-order valence-corrected chi connectivity index (χ0v) is 11.5. The lowest BCUT2D eigenvalue weighted by molar-refractivity contribution is -0.118. The average Bonchev–Trinajstić information content (AvgIpc) is 2.38. The first-order chi connectivity index (χ1) is 9.77. The molecule has 0 aromatic heterocycles. The van der Waals surface area contributed by atoms with E-state index in [4.69, 9.17) is 10.4 Å². The van der Waals surface area contributed by atoms with Gasteiger partial charge in [-0.05, 0) is 18.2 Å². The van der Waals surface area contributed by atoms with Crippen molar-refractivity contribution in [3.05, 3.63) is 29.6 Å². The number of halogens is 1. The molecule has 0 atom stereocenters. The van der Waals surface area contributed by atoms with Crippen molar-refractivity contribution in [2.75, 3.05) is 12.3 Å². The van der Waals surface area contributed by atoms with Gasteiger partial charge in [0.1, 0.15) is 11.6 Å². The van der Waals surface area contributed by atoms with Crippen LogP contribution in [0.4, 0.5) is 4.39 Å². The number of sulfone groups is 1. The van der Waals surface area contributed by atoms with E-state index in [2.05, 4.69) is 5.32 Å². The largest absolute Gasteiger partial charge is 0.478 e. The Hall–Kier alpha value is -2.47. The number of carbonyl (C=O) groups excluding carboxylic acids is 1. The maximum absolute atomic E-state index is 13.2. The third-order valence-electron chi connectivity index (χ3n) is 2.41. The van der Waals surface area contributed by atoms with E-state index in [1.807, 2.05) is 0 Å². The van der Waals surface area contributed by atoms with E-state index in [1.54, 1.807) is 6.07 Å². The van der Waals surface area contributed by atoms with Crippen LogP contribution in [0.2, 0.25) is 0 Å². The number of nitrogens with zero attached hydrogens (tertiary/aromatic N) is 1. The smallest absolute Gasteiger partial charge is 0.338 e. The first-order valence-corrected chi connectivity index (χ1v) is 7.32. The van der Waals surface area contributed by atoms with Crippen LogP contribution in [0.25, 0.3) is 0 Å². The van der Waals surface area contributed by atoms with Crippen LogP contribution in [0.3, 0.4) is 0 Å². The van der Waals surface area contributed by atoms with Gasteiger partial charge >= 0.3 is 5.97 Å². The van der Waals surface area contributed by atoms with Gasteiger partial charge in [0.25, 0.3) is 0 Å². The van der Waals surface area contributed by atoms with Crippen molar-refractivity contribution >= 4 is 21.7 Å². The number of carbonyl (C=O) groups is 2. The van der Waals surface area contributed by atoms with Gasteiger partial charge in [-0.1, -0.05) is 0 Å². The lowest BCUT2D eigenvalue weighted by atomic mass is 10.2. The van der Waals surface area contributed by atoms with Crippen LogP contribution in [-0.4, -0.2) is 37.7 Å². The van der Waals surface area contributed by atoms with E-state index in [1.165, 1.54) is 0 Å². The summed E-state index contributed by atoms with van der Waals surface area (Å²) in [5, 5.41) is 19.3. The molecule has 0 unspecified atom stereocenters. The highest BCUT2D eigenvalue weighted by Gasteiger charge is 2.22. The fourth-order valence-corrected chi connectivity index (χ4v) is 2.61. The summed E-state index contributed by atoms with van der Waals surface area (Å²) in [5.41, 5.74) is -0.791. The summed E-state index contributed by atoms with van der Waals surface area (Å²) < 4.78 is 37.0. The number of carboxylic acid groups (broad SMARTS) is 1.